The van der Waals surface area contributed by atoms with Crippen molar-refractivity contribution in [1.29, 1.82) is 0 Å². The maximum atomic E-state index is 12.2. The van der Waals surface area contributed by atoms with Crippen molar-refractivity contribution in [2.24, 2.45) is 0 Å². The van der Waals surface area contributed by atoms with Crippen molar-refractivity contribution in [3.8, 4) is 11.5 Å². The van der Waals surface area contributed by atoms with Gasteiger partial charge >= 0.3 is 6.09 Å². The molecule has 6 nitrogen and oxygen atoms in total. The van der Waals surface area contributed by atoms with Crippen LogP contribution in [0.5, 0.6) is 11.5 Å². The highest BCUT2D eigenvalue weighted by Gasteiger charge is 2.32. The number of carbonyl (C=O) groups is 1. The number of carbonyl (C=O) groups excluding carboxylic acids is 1. The second-order valence-electron chi connectivity index (χ2n) is 8.70. The number of benzene rings is 2. The van der Waals surface area contributed by atoms with Crippen LogP contribution in [0.3, 0.4) is 0 Å². The summed E-state index contributed by atoms with van der Waals surface area (Å²) in [5.41, 5.74) is 1.40. The molecule has 0 atom stereocenters. The lowest BCUT2D eigenvalue weighted by atomic mass is 9.91. The van der Waals surface area contributed by atoms with Crippen molar-refractivity contribution < 1.29 is 24.5 Å². The first kappa shape index (κ1) is 22.6. The predicted molar refractivity (Wildman–Crippen MR) is 118 cm³/mol. The molecule has 1 aliphatic heterocycles. The summed E-state index contributed by atoms with van der Waals surface area (Å²) in [6.07, 6.45) is 1.03. The Kier molecular flexibility index (Phi) is 6.75. The molecule has 0 aromatic heterocycles. The molecule has 0 saturated carbocycles. The number of amides is 1. The number of aliphatic hydroxyl groups is 2. The Bertz CT molecular complexity index is 918. The van der Waals surface area contributed by atoms with E-state index < -0.39 is 30.4 Å². The van der Waals surface area contributed by atoms with E-state index in [0.717, 1.165) is 39.1 Å². The summed E-state index contributed by atoms with van der Waals surface area (Å²) in [7, 11) is 0. The molecule has 0 fully saturated rings. The van der Waals surface area contributed by atoms with Crippen LogP contribution in [-0.2, 0) is 17.6 Å². The Morgan fingerprint density at radius 3 is 2.37 bits per heavy atom. The Morgan fingerprint density at radius 1 is 1.10 bits per heavy atom. The molecule has 3 N–H and O–H groups in total. The Balaban J connectivity index is 1.70. The van der Waals surface area contributed by atoms with Crippen molar-refractivity contribution in [2.75, 3.05) is 13.2 Å². The maximum Gasteiger partial charge on any atom is 0.408 e. The molecule has 0 bridgehead atoms. The molecule has 2 aromatic carbocycles. The van der Waals surface area contributed by atoms with Gasteiger partial charge in [0.25, 0.3) is 0 Å². The highest BCUT2D eigenvalue weighted by atomic mass is 79.9. The lowest BCUT2D eigenvalue weighted by Crippen LogP contribution is -2.55. The number of rotatable bonds is 6. The van der Waals surface area contributed by atoms with Crippen molar-refractivity contribution in [1.82, 2.24) is 5.32 Å². The van der Waals surface area contributed by atoms with Gasteiger partial charge in [-0.1, -0.05) is 28.1 Å². The zero-order valence-corrected chi connectivity index (χ0v) is 19.1. The minimum Gasteiger partial charge on any atom is -0.457 e. The van der Waals surface area contributed by atoms with Gasteiger partial charge in [-0.2, -0.15) is 0 Å². The van der Waals surface area contributed by atoms with E-state index in [4.69, 9.17) is 9.47 Å². The van der Waals surface area contributed by atoms with Crippen LogP contribution < -0.4 is 10.1 Å². The summed E-state index contributed by atoms with van der Waals surface area (Å²) in [6, 6.07) is 11.9. The monoisotopic (exact) mass is 477 g/mol. The van der Waals surface area contributed by atoms with Gasteiger partial charge in [0, 0.05) is 16.5 Å². The predicted octanol–water partition coefficient (Wildman–Crippen LogP) is 4.33. The number of aryl methyl sites for hydroxylation is 1. The van der Waals surface area contributed by atoms with Gasteiger partial charge < -0.3 is 25.0 Å². The third-order valence-electron chi connectivity index (χ3n) is 5.01. The zero-order valence-electron chi connectivity index (χ0n) is 17.5. The fraction of sp³-hybridized carbons (Fsp3) is 0.435. The summed E-state index contributed by atoms with van der Waals surface area (Å²) in [5.74, 6) is 1.69. The largest absolute Gasteiger partial charge is 0.457 e. The van der Waals surface area contributed by atoms with E-state index in [1.165, 1.54) is 0 Å². The van der Waals surface area contributed by atoms with Crippen molar-refractivity contribution in [3.63, 3.8) is 0 Å². The number of hydrogen-bond acceptors (Lipinski definition) is 5. The second kappa shape index (κ2) is 8.96. The van der Waals surface area contributed by atoms with Crippen LogP contribution in [0.15, 0.2) is 40.9 Å². The van der Waals surface area contributed by atoms with Crippen LogP contribution in [0, 0.1) is 0 Å². The maximum absolute atomic E-state index is 12.2. The molecule has 1 heterocycles. The van der Waals surface area contributed by atoms with Gasteiger partial charge in [-0.05, 0) is 69.0 Å². The zero-order chi connectivity index (χ0) is 21.9. The second-order valence-corrected chi connectivity index (χ2v) is 9.61. The summed E-state index contributed by atoms with van der Waals surface area (Å²) in [4.78, 5) is 12.2. The Labute approximate surface area is 185 Å². The number of alkyl carbamates (subject to hydrolysis) is 1. The highest BCUT2D eigenvalue weighted by Crippen LogP contribution is 2.38. The molecule has 3 rings (SSSR count). The van der Waals surface area contributed by atoms with Crippen LogP contribution in [0.25, 0.3) is 0 Å². The number of hydrogen-bond donors (Lipinski definition) is 3. The lowest BCUT2D eigenvalue weighted by Gasteiger charge is -2.32. The number of ether oxygens (including phenoxy) is 2. The molecule has 2 aromatic rings. The normalized spacial score (nSPS) is 13.1. The SMILES string of the molecule is CC(C)(C)OC(=O)NC(CO)(CO)CCc1ccc2c(c1)Cc1cc(Br)ccc1O2. The molecular weight excluding hydrogens is 450 g/mol. The van der Waals surface area contributed by atoms with Crippen molar-refractivity contribution in [3.05, 3.63) is 57.6 Å². The van der Waals surface area contributed by atoms with E-state index in [-0.39, 0.29) is 0 Å². The fourth-order valence-electron chi connectivity index (χ4n) is 3.39. The highest BCUT2D eigenvalue weighted by molar-refractivity contribution is 9.10. The van der Waals surface area contributed by atoms with Gasteiger partial charge in [0.1, 0.15) is 17.1 Å². The summed E-state index contributed by atoms with van der Waals surface area (Å²) in [6.45, 7) is 4.50. The fourth-order valence-corrected chi connectivity index (χ4v) is 3.80. The molecule has 30 heavy (non-hydrogen) atoms. The van der Waals surface area contributed by atoms with Crippen LogP contribution in [0.4, 0.5) is 4.79 Å². The standard InChI is InChI=1S/C23H28BrNO5/c1-22(2,3)30-21(28)25-23(13-26,14-27)9-8-15-4-6-19-16(10-15)11-17-12-18(24)5-7-20(17)29-19/h4-7,10,12,26-27H,8-9,11,13-14H2,1-3H3,(H,25,28). The molecular formula is C23H28BrNO5. The van der Waals surface area contributed by atoms with Gasteiger partial charge in [0.15, 0.2) is 0 Å². The number of fused-ring (bicyclic) bond motifs is 2. The molecule has 162 valence electrons. The first-order valence-electron chi connectivity index (χ1n) is 9.94. The Hall–Kier alpha value is -2.09. The van der Waals surface area contributed by atoms with E-state index >= 15 is 0 Å². The molecule has 0 saturated heterocycles. The van der Waals surface area contributed by atoms with E-state index in [1.54, 1.807) is 20.8 Å². The van der Waals surface area contributed by atoms with Crippen LogP contribution in [-0.4, -0.2) is 40.7 Å². The first-order chi connectivity index (χ1) is 14.1. The average Bonchev–Trinajstić information content (AvgIpc) is 2.68. The third-order valence-corrected chi connectivity index (χ3v) is 5.51. The summed E-state index contributed by atoms with van der Waals surface area (Å²) < 4.78 is 12.3. The van der Waals surface area contributed by atoms with Crippen LogP contribution >= 0.6 is 15.9 Å². The van der Waals surface area contributed by atoms with E-state index in [1.807, 2.05) is 24.3 Å². The molecule has 7 heteroatoms. The molecule has 1 amide bonds. The molecule has 0 spiro atoms. The summed E-state index contributed by atoms with van der Waals surface area (Å²) >= 11 is 3.50. The van der Waals surface area contributed by atoms with Crippen LogP contribution in [0.2, 0.25) is 0 Å². The topological polar surface area (TPSA) is 88.0 Å². The number of aliphatic hydroxyl groups excluding tert-OH is 2. The van der Waals surface area contributed by atoms with Gasteiger partial charge in [0.2, 0.25) is 0 Å². The van der Waals surface area contributed by atoms with Gasteiger partial charge in [0.05, 0.1) is 18.8 Å². The minimum atomic E-state index is -1.16. The van der Waals surface area contributed by atoms with E-state index in [0.29, 0.717) is 12.8 Å². The number of nitrogens with one attached hydrogen (secondary N) is 1. The van der Waals surface area contributed by atoms with E-state index in [2.05, 4.69) is 33.4 Å². The van der Waals surface area contributed by atoms with Gasteiger partial charge in [-0.15, -0.1) is 0 Å². The molecule has 0 unspecified atom stereocenters. The molecule has 0 radical (unpaired) electrons. The van der Waals surface area contributed by atoms with Crippen LogP contribution in [0.1, 0.15) is 43.9 Å². The number of halogens is 1. The smallest absolute Gasteiger partial charge is 0.408 e. The first-order valence-corrected chi connectivity index (χ1v) is 10.7. The van der Waals surface area contributed by atoms with Gasteiger partial charge in [-0.25, -0.2) is 4.79 Å². The van der Waals surface area contributed by atoms with Crippen molar-refractivity contribution >= 4 is 22.0 Å². The van der Waals surface area contributed by atoms with Gasteiger partial charge in [-0.3, -0.25) is 0 Å². The van der Waals surface area contributed by atoms with Crippen molar-refractivity contribution in [2.45, 2.75) is 51.2 Å². The Morgan fingerprint density at radius 2 is 1.73 bits per heavy atom. The molecule has 0 aliphatic carbocycles. The quantitative estimate of drug-likeness (QED) is 0.491. The minimum absolute atomic E-state index is 0.362. The molecule has 1 aliphatic rings. The average molecular weight is 478 g/mol. The third kappa shape index (κ3) is 5.53. The lowest BCUT2D eigenvalue weighted by molar-refractivity contribution is 0.0276. The van der Waals surface area contributed by atoms with E-state index in [9.17, 15) is 15.0 Å². The summed E-state index contributed by atoms with van der Waals surface area (Å²) in [5, 5.41) is 22.4.